The highest BCUT2D eigenvalue weighted by Gasteiger charge is 2.54. The molecule has 2 aromatic carbocycles. The molecule has 2 amide bonds. The predicted octanol–water partition coefficient (Wildman–Crippen LogP) is 1.40. The van der Waals surface area contributed by atoms with Crippen molar-refractivity contribution in [1.29, 1.82) is 0 Å². The summed E-state index contributed by atoms with van der Waals surface area (Å²) < 4.78 is 10.4. The lowest BCUT2D eigenvalue weighted by Crippen LogP contribution is -2.69. The number of benzene rings is 2. The number of nitrogens with two attached hydrogens (primary N) is 2. The molecule has 0 bridgehead atoms. The third-order valence-corrected chi connectivity index (χ3v) is 6.60. The molecule has 2 aromatic rings. The van der Waals surface area contributed by atoms with Crippen molar-refractivity contribution in [3.63, 3.8) is 0 Å². The maximum absolute atomic E-state index is 13.1. The van der Waals surface area contributed by atoms with E-state index in [1.165, 1.54) is 19.4 Å². The summed E-state index contributed by atoms with van der Waals surface area (Å²) in [6.07, 6.45) is 0.159. The standard InChI is InChI=1S/C27H36N4O7/c1-26(2)23(30-24(33)38-26)21(32)22(28)27(35,36)20(17-19-14-7-4-8-15-19)31(29)25(34)37-16-10-9-13-18-11-5-3-6-12-18/h3-8,11-12,14-15,20,22-23,35-36H,9-10,13,16-17,28-29H2,1-2H3,(H,30,33). The van der Waals surface area contributed by atoms with Crippen LogP contribution >= 0.6 is 0 Å². The highest BCUT2D eigenvalue weighted by molar-refractivity contribution is 5.95. The van der Waals surface area contributed by atoms with Gasteiger partial charge < -0.3 is 30.7 Å². The Morgan fingerprint density at radius 3 is 2.21 bits per heavy atom. The Labute approximate surface area is 221 Å². The molecule has 11 nitrogen and oxygen atoms in total. The van der Waals surface area contributed by atoms with Gasteiger partial charge in [0.2, 0.25) is 5.79 Å². The van der Waals surface area contributed by atoms with E-state index in [9.17, 15) is 24.6 Å². The van der Waals surface area contributed by atoms with Gasteiger partial charge >= 0.3 is 12.2 Å². The number of unbranched alkanes of at least 4 members (excludes halogenated alkanes) is 1. The smallest absolute Gasteiger partial charge is 0.424 e. The minimum Gasteiger partial charge on any atom is -0.448 e. The molecule has 206 valence electrons. The van der Waals surface area contributed by atoms with Crippen LogP contribution in [-0.4, -0.2) is 69.3 Å². The van der Waals surface area contributed by atoms with Crippen LogP contribution in [0.4, 0.5) is 9.59 Å². The van der Waals surface area contributed by atoms with Crippen molar-refractivity contribution in [2.75, 3.05) is 6.61 Å². The van der Waals surface area contributed by atoms with E-state index in [0.29, 0.717) is 17.0 Å². The Morgan fingerprint density at radius 1 is 1.08 bits per heavy atom. The van der Waals surface area contributed by atoms with Crippen molar-refractivity contribution >= 4 is 18.0 Å². The number of hydrogen-bond donors (Lipinski definition) is 5. The molecule has 38 heavy (non-hydrogen) atoms. The van der Waals surface area contributed by atoms with Crippen molar-refractivity contribution in [3.05, 3.63) is 71.8 Å². The molecule has 0 spiro atoms. The zero-order chi connectivity index (χ0) is 27.9. The zero-order valence-electron chi connectivity index (χ0n) is 21.6. The van der Waals surface area contributed by atoms with Gasteiger partial charge in [0.1, 0.15) is 23.7 Å². The van der Waals surface area contributed by atoms with Crippen LogP contribution in [0.15, 0.2) is 60.7 Å². The van der Waals surface area contributed by atoms with E-state index in [1.807, 2.05) is 30.3 Å². The number of cyclic esters (lactones) is 1. The number of amides is 2. The molecule has 0 aromatic heterocycles. The molecule has 11 heteroatoms. The summed E-state index contributed by atoms with van der Waals surface area (Å²) >= 11 is 0. The number of aryl methyl sites for hydroxylation is 1. The molecule has 3 rings (SSSR count). The van der Waals surface area contributed by atoms with Crippen molar-refractivity contribution in [2.45, 2.75) is 69.0 Å². The van der Waals surface area contributed by atoms with Crippen LogP contribution in [0.5, 0.6) is 0 Å². The van der Waals surface area contributed by atoms with Crippen molar-refractivity contribution in [2.24, 2.45) is 11.6 Å². The number of rotatable bonds is 12. The van der Waals surface area contributed by atoms with Crippen molar-refractivity contribution in [1.82, 2.24) is 10.3 Å². The summed E-state index contributed by atoms with van der Waals surface area (Å²) in [7, 11) is 0. The van der Waals surface area contributed by atoms with Crippen LogP contribution in [0.3, 0.4) is 0 Å². The fourth-order valence-electron chi connectivity index (χ4n) is 4.36. The molecule has 0 saturated carbocycles. The van der Waals surface area contributed by atoms with Gasteiger partial charge in [-0.05, 0) is 50.7 Å². The number of carbonyl (C=O) groups excluding carboxylic acids is 3. The fraction of sp³-hybridized carbons (Fsp3) is 0.444. The Balaban J connectivity index is 1.70. The van der Waals surface area contributed by atoms with Crippen LogP contribution in [0.25, 0.3) is 0 Å². The maximum Gasteiger partial charge on any atom is 0.424 e. The van der Waals surface area contributed by atoms with Crippen molar-refractivity contribution < 1.29 is 34.1 Å². The molecule has 0 radical (unpaired) electrons. The third kappa shape index (κ3) is 7.07. The van der Waals surface area contributed by atoms with Crippen LogP contribution in [-0.2, 0) is 27.1 Å². The summed E-state index contributed by atoms with van der Waals surface area (Å²) in [4.78, 5) is 37.7. The zero-order valence-corrected chi connectivity index (χ0v) is 21.6. The largest absolute Gasteiger partial charge is 0.448 e. The van der Waals surface area contributed by atoms with Gasteiger partial charge in [0.15, 0.2) is 5.78 Å². The van der Waals surface area contributed by atoms with Gasteiger partial charge in [0, 0.05) is 0 Å². The van der Waals surface area contributed by atoms with Gasteiger partial charge in [-0.3, -0.25) is 4.79 Å². The van der Waals surface area contributed by atoms with E-state index in [-0.39, 0.29) is 13.0 Å². The molecule has 0 aliphatic carbocycles. The number of nitrogens with one attached hydrogen (secondary N) is 1. The van der Waals surface area contributed by atoms with E-state index in [4.69, 9.17) is 21.1 Å². The summed E-state index contributed by atoms with van der Waals surface area (Å²) in [6.45, 7) is 3.04. The van der Waals surface area contributed by atoms with Crippen LogP contribution in [0, 0.1) is 0 Å². The summed E-state index contributed by atoms with van der Waals surface area (Å²) in [5, 5.41) is 25.2. The topological polar surface area (TPSA) is 177 Å². The van der Waals surface area contributed by atoms with Gasteiger partial charge in [-0.1, -0.05) is 60.7 Å². The summed E-state index contributed by atoms with van der Waals surface area (Å²) in [5.41, 5.74) is 6.53. The normalized spacial score (nSPS) is 18.2. The predicted molar refractivity (Wildman–Crippen MR) is 138 cm³/mol. The molecule has 1 fully saturated rings. The monoisotopic (exact) mass is 528 g/mol. The number of nitrogens with zero attached hydrogens (tertiary/aromatic N) is 1. The quantitative estimate of drug-likeness (QED) is 0.0895. The highest BCUT2D eigenvalue weighted by Crippen LogP contribution is 2.27. The first kappa shape index (κ1) is 29.1. The highest BCUT2D eigenvalue weighted by atomic mass is 16.6. The second-order valence-corrected chi connectivity index (χ2v) is 9.90. The Morgan fingerprint density at radius 2 is 1.66 bits per heavy atom. The minimum absolute atomic E-state index is 0.0614. The second-order valence-electron chi connectivity index (χ2n) is 9.90. The van der Waals surface area contributed by atoms with Gasteiger partial charge in [-0.15, -0.1) is 0 Å². The lowest BCUT2D eigenvalue weighted by Gasteiger charge is -2.40. The molecule has 1 saturated heterocycles. The molecule has 7 N–H and O–H groups in total. The molecule has 3 atom stereocenters. The molecular weight excluding hydrogens is 492 g/mol. The maximum atomic E-state index is 13.1. The van der Waals surface area contributed by atoms with Crippen LogP contribution in [0.1, 0.15) is 37.8 Å². The molecule has 1 aliphatic rings. The van der Waals surface area contributed by atoms with E-state index >= 15 is 0 Å². The van der Waals surface area contributed by atoms with E-state index in [2.05, 4.69) is 5.32 Å². The van der Waals surface area contributed by atoms with Crippen LogP contribution in [0.2, 0.25) is 0 Å². The number of hydrogen-bond acceptors (Lipinski definition) is 9. The number of ether oxygens (including phenoxy) is 2. The average molecular weight is 529 g/mol. The molecule has 1 heterocycles. The van der Waals surface area contributed by atoms with Gasteiger partial charge in [-0.25, -0.2) is 20.4 Å². The summed E-state index contributed by atoms with van der Waals surface area (Å²) in [5.74, 6) is 2.16. The first-order valence-electron chi connectivity index (χ1n) is 12.5. The van der Waals surface area contributed by atoms with Gasteiger partial charge in [0.25, 0.3) is 0 Å². The van der Waals surface area contributed by atoms with Gasteiger partial charge in [0.05, 0.1) is 6.61 Å². The number of carbonyl (C=O) groups is 3. The number of hydrazine groups is 1. The first-order valence-corrected chi connectivity index (χ1v) is 12.5. The minimum atomic E-state index is -2.99. The lowest BCUT2D eigenvalue weighted by atomic mass is 9.85. The van der Waals surface area contributed by atoms with Gasteiger partial charge in [-0.2, -0.15) is 0 Å². The van der Waals surface area contributed by atoms with E-state index in [0.717, 1.165) is 12.8 Å². The average Bonchev–Trinajstić information content (AvgIpc) is 3.18. The number of alkyl carbamates (subject to hydrolysis) is 1. The fourth-order valence-corrected chi connectivity index (χ4v) is 4.36. The van der Waals surface area contributed by atoms with Crippen molar-refractivity contribution in [3.8, 4) is 0 Å². The first-order chi connectivity index (χ1) is 17.9. The van der Waals surface area contributed by atoms with E-state index < -0.39 is 47.5 Å². The second kappa shape index (κ2) is 12.4. The van der Waals surface area contributed by atoms with Crippen LogP contribution < -0.4 is 16.9 Å². The number of Topliss-reactive ketones (excluding diaryl/α,β-unsaturated/α-hetero) is 1. The lowest BCUT2D eigenvalue weighted by molar-refractivity contribution is -0.216. The SMILES string of the molecule is CC1(C)OC(=O)NC1C(=O)C(N)C(O)(O)C(Cc1ccccc1)N(N)C(=O)OCCCCc1ccccc1. The Bertz CT molecular complexity index is 1100. The van der Waals surface area contributed by atoms with E-state index in [1.54, 1.807) is 30.3 Å². The number of aliphatic hydroxyl groups is 2. The Kier molecular flexibility index (Phi) is 9.45. The molecule has 1 aliphatic heterocycles. The molecule has 3 unspecified atom stereocenters. The Hall–Kier alpha value is -3.51. The molecular formula is C27H36N4O7. The summed E-state index contributed by atoms with van der Waals surface area (Å²) in [6, 6.07) is 13.7. The number of ketones is 1. The third-order valence-electron chi connectivity index (χ3n) is 6.60.